The second kappa shape index (κ2) is 9.29. The smallest absolute Gasteiger partial charge is 0.405 e. The molecule has 0 unspecified atom stereocenters. The van der Waals surface area contributed by atoms with E-state index in [1.807, 2.05) is 0 Å². The maximum Gasteiger partial charge on any atom is 0.405 e. The molecule has 0 saturated heterocycles. The number of halogens is 3. The van der Waals surface area contributed by atoms with Crippen molar-refractivity contribution in [2.75, 3.05) is 13.2 Å². The van der Waals surface area contributed by atoms with Crippen LogP contribution in [0.15, 0.2) is 59.4 Å². The SMILES string of the molecule is O=C(COC(=O)c1nn(-c2ccccc2)c(=O)c2ccccc12)NC(=O)NCC(F)(F)F. The van der Waals surface area contributed by atoms with Crippen LogP contribution in [-0.4, -0.2) is 47.0 Å². The largest absolute Gasteiger partial charge is 0.451 e. The van der Waals surface area contributed by atoms with Crippen molar-refractivity contribution in [3.63, 3.8) is 0 Å². The molecular weight excluding hydrogens is 433 g/mol. The first-order chi connectivity index (χ1) is 15.2. The van der Waals surface area contributed by atoms with Crippen LogP contribution in [0.3, 0.4) is 0 Å². The minimum absolute atomic E-state index is 0.175. The second-order valence-electron chi connectivity index (χ2n) is 6.37. The fraction of sp³-hybridized carbons (Fsp3) is 0.150. The van der Waals surface area contributed by atoms with Crippen LogP contribution in [0.2, 0.25) is 0 Å². The molecule has 0 aliphatic carbocycles. The number of esters is 1. The molecule has 0 fully saturated rings. The normalized spacial score (nSPS) is 11.1. The molecule has 3 aromatic rings. The number of nitrogens with zero attached hydrogens (tertiary/aromatic N) is 2. The summed E-state index contributed by atoms with van der Waals surface area (Å²) in [4.78, 5) is 48.4. The van der Waals surface area contributed by atoms with E-state index in [4.69, 9.17) is 4.74 Å². The lowest BCUT2D eigenvalue weighted by atomic mass is 10.1. The standard InChI is InChI=1S/C20H15F3N4O5/c21-20(22,23)11-24-19(31)25-15(28)10-32-18(30)16-13-8-4-5-9-14(13)17(29)27(26-16)12-6-2-1-3-7-12/h1-9H,10-11H2,(H2,24,25,28,31). The van der Waals surface area contributed by atoms with E-state index in [1.165, 1.54) is 17.4 Å². The van der Waals surface area contributed by atoms with Crippen LogP contribution in [-0.2, 0) is 9.53 Å². The average Bonchev–Trinajstić information content (AvgIpc) is 2.77. The van der Waals surface area contributed by atoms with E-state index >= 15 is 0 Å². The number of aromatic nitrogens is 2. The highest BCUT2D eigenvalue weighted by molar-refractivity contribution is 6.03. The Morgan fingerprint density at radius 3 is 2.25 bits per heavy atom. The Morgan fingerprint density at radius 2 is 1.59 bits per heavy atom. The van der Waals surface area contributed by atoms with Crippen molar-refractivity contribution in [1.29, 1.82) is 0 Å². The molecular formula is C20H15F3N4O5. The fourth-order valence-corrected chi connectivity index (χ4v) is 2.67. The molecule has 0 spiro atoms. The lowest BCUT2D eigenvalue weighted by Gasteiger charge is -2.11. The molecule has 166 valence electrons. The summed E-state index contributed by atoms with van der Waals surface area (Å²) >= 11 is 0. The number of urea groups is 1. The molecule has 12 heteroatoms. The third kappa shape index (κ3) is 5.47. The first kappa shape index (κ1) is 22.5. The van der Waals surface area contributed by atoms with Crippen LogP contribution < -0.4 is 16.2 Å². The van der Waals surface area contributed by atoms with Gasteiger partial charge in [-0.2, -0.15) is 23.0 Å². The number of nitrogens with one attached hydrogen (secondary N) is 2. The Balaban J connectivity index is 1.78. The summed E-state index contributed by atoms with van der Waals surface area (Å²) in [5.41, 5.74) is -0.364. The average molecular weight is 448 g/mol. The molecule has 0 atom stereocenters. The van der Waals surface area contributed by atoms with E-state index in [0.29, 0.717) is 5.69 Å². The first-order valence-electron chi connectivity index (χ1n) is 9.05. The summed E-state index contributed by atoms with van der Waals surface area (Å²) in [6.45, 7) is -2.60. The second-order valence-corrected chi connectivity index (χ2v) is 6.37. The molecule has 0 saturated carbocycles. The molecule has 3 amide bonds. The van der Waals surface area contributed by atoms with E-state index in [2.05, 4.69) is 5.10 Å². The number of hydrogen-bond donors (Lipinski definition) is 2. The van der Waals surface area contributed by atoms with Gasteiger partial charge in [0, 0.05) is 5.39 Å². The maximum atomic E-state index is 12.8. The molecule has 9 nitrogen and oxygen atoms in total. The van der Waals surface area contributed by atoms with Crippen molar-refractivity contribution < 1.29 is 32.3 Å². The minimum Gasteiger partial charge on any atom is -0.451 e. The number of imide groups is 1. The minimum atomic E-state index is -4.65. The highest BCUT2D eigenvalue weighted by Crippen LogP contribution is 2.16. The number of fused-ring (bicyclic) bond motifs is 1. The Hall–Kier alpha value is -4.22. The van der Waals surface area contributed by atoms with Crippen LogP contribution in [0.25, 0.3) is 16.5 Å². The number of carbonyl (C=O) groups is 3. The van der Waals surface area contributed by atoms with Crippen molar-refractivity contribution in [2.24, 2.45) is 0 Å². The Bertz CT molecular complexity index is 1230. The quantitative estimate of drug-likeness (QED) is 0.576. The molecule has 2 aromatic carbocycles. The number of carbonyl (C=O) groups excluding carboxylic acids is 3. The molecule has 0 aliphatic heterocycles. The summed E-state index contributed by atoms with van der Waals surface area (Å²) in [5, 5.41) is 7.46. The monoisotopic (exact) mass is 448 g/mol. The van der Waals surface area contributed by atoms with Gasteiger partial charge in [-0.25, -0.2) is 9.59 Å². The highest BCUT2D eigenvalue weighted by Gasteiger charge is 2.28. The number of rotatable bonds is 5. The first-order valence-corrected chi connectivity index (χ1v) is 9.05. The molecule has 2 N–H and O–H groups in total. The van der Waals surface area contributed by atoms with Gasteiger partial charge in [0.2, 0.25) is 0 Å². The van der Waals surface area contributed by atoms with E-state index in [9.17, 15) is 32.3 Å². The molecule has 1 heterocycles. The van der Waals surface area contributed by atoms with Gasteiger partial charge in [0.05, 0.1) is 11.1 Å². The third-order valence-corrected chi connectivity index (χ3v) is 4.04. The molecule has 0 bridgehead atoms. The number of amides is 3. The Labute approximate surface area is 177 Å². The van der Waals surface area contributed by atoms with Crippen molar-refractivity contribution in [2.45, 2.75) is 6.18 Å². The van der Waals surface area contributed by atoms with Gasteiger partial charge in [-0.15, -0.1) is 0 Å². The van der Waals surface area contributed by atoms with Gasteiger partial charge in [-0.3, -0.25) is 14.9 Å². The van der Waals surface area contributed by atoms with Gasteiger partial charge in [0.15, 0.2) is 12.3 Å². The summed E-state index contributed by atoms with van der Waals surface area (Å²) in [6.07, 6.45) is -4.65. The maximum absolute atomic E-state index is 12.8. The topological polar surface area (TPSA) is 119 Å². The van der Waals surface area contributed by atoms with Crippen LogP contribution in [0.1, 0.15) is 10.5 Å². The van der Waals surface area contributed by atoms with E-state index in [-0.39, 0.29) is 16.5 Å². The van der Waals surface area contributed by atoms with Crippen LogP contribution in [0.4, 0.5) is 18.0 Å². The highest BCUT2D eigenvalue weighted by atomic mass is 19.4. The summed E-state index contributed by atoms with van der Waals surface area (Å²) in [5.74, 6) is -2.23. The van der Waals surface area contributed by atoms with Gasteiger partial charge in [0.1, 0.15) is 6.54 Å². The molecule has 1 aromatic heterocycles. The number of hydrogen-bond acceptors (Lipinski definition) is 6. The fourth-order valence-electron chi connectivity index (χ4n) is 2.67. The Morgan fingerprint density at radius 1 is 0.969 bits per heavy atom. The van der Waals surface area contributed by atoms with Gasteiger partial charge in [0.25, 0.3) is 11.5 Å². The van der Waals surface area contributed by atoms with Crippen LogP contribution >= 0.6 is 0 Å². The van der Waals surface area contributed by atoms with Gasteiger partial charge in [-0.1, -0.05) is 36.4 Å². The zero-order valence-electron chi connectivity index (χ0n) is 16.2. The number of para-hydroxylation sites is 1. The van der Waals surface area contributed by atoms with E-state index in [0.717, 1.165) is 4.68 Å². The summed E-state index contributed by atoms with van der Waals surface area (Å²) < 4.78 is 42.1. The zero-order chi connectivity index (χ0) is 23.3. The van der Waals surface area contributed by atoms with E-state index in [1.54, 1.807) is 47.8 Å². The van der Waals surface area contributed by atoms with Crippen LogP contribution in [0, 0.1) is 0 Å². The van der Waals surface area contributed by atoms with Crippen LogP contribution in [0.5, 0.6) is 0 Å². The number of ether oxygens (including phenoxy) is 1. The van der Waals surface area contributed by atoms with Gasteiger partial charge in [-0.05, 0) is 18.2 Å². The van der Waals surface area contributed by atoms with Gasteiger partial charge >= 0.3 is 18.2 Å². The summed E-state index contributed by atoms with van der Waals surface area (Å²) in [6, 6.07) is 13.0. The van der Waals surface area contributed by atoms with E-state index < -0.39 is 42.8 Å². The van der Waals surface area contributed by atoms with Gasteiger partial charge < -0.3 is 10.1 Å². The third-order valence-electron chi connectivity index (χ3n) is 4.04. The molecule has 0 radical (unpaired) electrons. The lowest BCUT2D eigenvalue weighted by Crippen LogP contribution is -2.44. The summed E-state index contributed by atoms with van der Waals surface area (Å²) in [7, 11) is 0. The van der Waals surface area contributed by atoms with Crippen molar-refractivity contribution in [3.05, 3.63) is 70.6 Å². The predicted molar refractivity (Wildman–Crippen MR) is 105 cm³/mol. The number of benzene rings is 2. The predicted octanol–water partition coefficient (Wildman–Crippen LogP) is 1.93. The molecule has 32 heavy (non-hydrogen) atoms. The van der Waals surface area contributed by atoms with Crippen molar-refractivity contribution in [1.82, 2.24) is 20.4 Å². The zero-order valence-corrected chi connectivity index (χ0v) is 16.2. The molecule has 3 rings (SSSR count). The number of alkyl halides is 3. The molecule has 0 aliphatic rings. The Kier molecular flexibility index (Phi) is 6.52. The van der Waals surface area contributed by atoms with Crippen molar-refractivity contribution in [3.8, 4) is 5.69 Å². The van der Waals surface area contributed by atoms with Crippen molar-refractivity contribution >= 4 is 28.7 Å². The lowest BCUT2D eigenvalue weighted by molar-refractivity contribution is -0.125.